The first-order valence-electron chi connectivity index (χ1n) is 13.4. The molecule has 0 saturated heterocycles. The van der Waals surface area contributed by atoms with E-state index in [1.165, 1.54) is 0 Å². The lowest BCUT2D eigenvalue weighted by Crippen LogP contribution is -2.30. The Balaban J connectivity index is 1.50. The van der Waals surface area contributed by atoms with Crippen LogP contribution in [0.3, 0.4) is 0 Å². The zero-order valence-electron chi connectivity index (χ0n) is 23.4. The molecule has 1 aromatic heterocycles. The fourth-order valence-electron chi connectivity index (χ4n) is 4.25. The van der Waals surface area contributed by atoms with Gasteiger partial charge in [0, 0.05) is 35.7 Å². The summed E-state index contributed by atoms with van der Waals surface area (Å²) in [6.45, 7) is 6.00. The Hall–Kier alpha value is -4.11. The molecule has 2 N–H and O–H groups in total. The molecule has 210 valence electrons. The maximum Gasteiger partial charge on any atom is 0.319 e. The van der Waals surface area contributed by atoms with E-state index < -0.39 is 0 Å². The number of benzene rings is 3. The minimum Gasteiger partial charge on any atom is -0.497 e. The summed E-state index contributed by atoms with van der Waals surface area (Å²) in [5.74, 6) is 3.05. The number of aromatic nitrogens is 2. The monoisotopic (exact) mass is 560 g/mol. The van der Waals surface area contributed by atoms with Gasteiger partial charge in [-0.05, 0) is 86.1 Å². The van der Waals surface area contributed by atoms with Crippen LogP contribution in [0.25, 0.3) is 22.5 Å². The quantitative estimate of drug-likeness (QED) is 0.136. The third-order valence-electron chi connectivity index (χ3n) is 6.15. The van der Waals surface area contributed by atoms with E-state index in [9.17, 15) is 4.79 Å². The van der Waals surface area contributed by atoms with Gasteiger partial charge >= 0.3 is 6.03 Å². The van der Waals surface area contributed by atoms with Crippen molar-refractivity contribution >= 4 is 23.5 Å². The number of hydrogen-bond acceptors (Lipinski definition) is 6. The molecule has 0 saturated carbocycles. The van der Waals surface area contributed by atoms with Crippen LogP contribution in [-0.4, -0.2) is 48.7 Å². The van der Waals surface area contributed by atoms with Crippen LogP contribution in [0.2, 0.25) is 0 Å². The predicted molar refractivity (Wildman–Crippen MR) is 162 cm³/mol. The van der Waals surface area contributed by atoms with Crippen LogP contribution < -0.4 is 24.8 Å². The first-order chi connectivity index (χ1) is 19.6. The van der Waals surface area contributed by atoms with Crippen LogP contribution in [0.15, 0.2) is 78.0 Å². The third-order valence-corrected chi connectivity index (χ3v) is 7.13. The number of carbonyl (C=O) groups excluding carboxylic acids is 1. The standard InChI is InChI=1S/C31H36N4O4S/c1-5-20-35-29(23-9-15-26(38-4)16-10-23)28(22-7-13-25(37-3)14-8-22)34-31(35)40-21-19-32-30(36)33-24-11-17-27(18-12-24)39-6-2/h7-18H,5-6,19-21H2,1-4H3,(H2,32,33,36). The van der Waals surface area contributed by atoms with E-state index >= 15 is 0 Å². The zero-order valence-corrected chi connectivity index (χ0v) is 24.2. The first-order valence-corrected chi connectivity index (χ1v) is 14.3. The van der Waals surface area contributed by atoms with E-state index in [4.69, 9.17) is 19.2 Å². The zero-order chi connectivity index (χ0) is 28.3. The molecule has 0 aliphatic carbocycles. The number of carbonyl (C=O) groups is 1. The summed E-state index contributed by atoms with van der Waals surface area (Å²) >= 11 is 1.63. The molecular formula is C31H36N4O4S. The fourth-order valence-corrected chi connectivity index (χ4v) is 5.13. The second-order valence-electron chi connectivity index (χ2n) is 8.89. The van der Waals surface area contributed by atoms with Crippen molar-refractivity contribution in [3.63, 3.8) is 0 Å². The summed E-state index contributed by atoms with van der Waals surface area (Å²) in [5.41, 5.74) is 4.74. The molecule has 0 unspecified atom stereocenters. The van der Waals surface area contributed by atoms with Crippen molar-refractivity contribution in [2.24, 2.45) is 0 Å². The molecule has 0 atom stereocenters. The largest absolute Gasteiger partial charge is 0.497 e. The van der Waals surface area contributed by atoms with Gasteiger partial charge in [0.25, 0.3) is 0 Å². The molecule has 8 nitrogen and oxygen atoms in total. The summed E-state index contributed by atoms with van der Waals surface area (Å²) in [5, 5.41) is 6.71. The molecule has 0 aliphatic rings. The van der Waals surface area contributed by atoms with Crippen molar-refractivity contribution in [3.05, 3.63) is 72.8 Å². The Morgan fingerprint density at radius 1 is 0.850 bits per heavy atom. The minimum atomic E-state index is -0.250. The number of nitrogens with zero attached hydrogens (tertiary/aromatic N) is 2. The highest BCUT2D eigenvalue weighted by atomic mass is 32.2. The molecule has 4 rings (SSSR count). The Labute approximate surface area is 240 Å². The first kappa shape index (κ1) is 28.9. The molecular weight excluding hydrogens is 524 g/mol. The number of nitrogens with one attached hydrogen (secondary N) is 2. The average Bonchev–Trinajstić information content (AvgIpc) is 3.34. The van der Waals surface area contributed by atoms with Gasteiger partial charge in [0.15, 0.2) is 5.16 Å². The van der Waals surface area contributed by atoms with Crippen molar-refractivity contribution < 1.29 is 19.0 Å². The van der Waals surface area contributed by atoms with Gasteiger partial charge in [-0.15, -0.1) is 0 Å². The van der Waals surface area contributed by atoms with Gasteiger partial charge in [0.2, 0.25) is 0 Å². The third kappa shape index (κ3) is 7.30. The number of ether oxygens (including phenoxy) is 3. The Kier molecular flexibility index (Phi) is 10.3. The molecule has 0 radical (unpaired) electrons. The number of hydrogen-bond donors (Lipinski definition) is 2. The topological polar surface area (TPSA) is 86.6 Å². The number of imidazole rings is 1. The lowest BCUT2D eigenvalue weighted by Gasteiger charge is -2.13. The molecule has 9 heteroatoms. The van der Waals surface area contributed by atoms with Gasteiger partial charge in [-0.25, -0.2) is 9.78 Å². The predicted octanol–water partition coefficient (Wildman–Crippen LogP) is 6.96. The van der Waals surface area contributed by atoms with Crippen molar-refractivity contribution in [1.82, 2.24) is 14.9 Å². The summed E-state index contributed by atoms with van der Waals surface area (Å²) in [4.78, 5) is 17.5. The molecule has 0 bridgehead atoms. The Morgan fingerprint density at radius 2 is 1.45 bits per heavy atom. The number of amides is 2. The average molecular weight is 561 g/mol. The van der Waals surface area contributed by atoms with Gasteiger partial charge in [0.1, 0.15) is 17.2 Å². The van der Waals surface area contributed by atoms with Gasteiger partial charge < -0.3 is 29.4 Å². The molecule has 40 heavy (non-hydrogen) atoms. The van der Waals surface area contributed by atoms with Crippen LogP contribution in [0.4, 0.5) is 10.5 Å². The Morgan fingerprint density at radius 3 is 2.02 bits per heavy atom. The Bertz CT molecular complexity index is 1370. The van der Waals surface area contributed by atoms with Crippen molar-refractivity contribution in [2.75, 3.05) is 38.4 Å². The van der Waals surface area contributed by atoms with E-state index in [0.29, 0.717) is 24.6 Å². The lowest BCUT2D eigenvalue weighted by atomic mass is 10.0. The van der Waals surface area contributed by atoms with Crippen LogP contribution >= 0.6 is 11.8 Å². The molecule has 2 amide bonds. The maximum atomic E-state index is 12.4. The highest BCUT2D eigenvalue weighted by Gasteiger charge is 2.20. The molecule has 3 aromatic carbocycles. The number of methoxy groups -OCH3 is 2. The van der Waals surface area contributed by atoms with Crippen molar-refractivity contribution in [2.45, 2.75) is 32.0 Å². The van der Waals surface area contributed by atoms with Gasteiger partial charge in [-0.1, -0.05) is 18.7 Å². The fraction of sp³-hybridized carbons (Fsp3) is 0.290. The van der Waals surface area contributed by atoms with E-state index in [-0.39, 0.29) is 6.03 Å². The molecule has 1 heterocycles. The van der Waals surface area contributed by atoms with E-state index in [2.05, 4.69) is 34.3 Å². The summed E-state index contributed by atoms with van der Waals surface area (Å²) in [6, 6.07) is 23.1. The molecule has 4 aromatic rings. The molecule has 0 aliphatic heterocycles. The smallest absolute Gasteiger partial charge is 0.319 e. The van der Waals surface area contributed by atoms with Crippen molar-refractivity contribution in [1.29, 1.82) is 0 Å². The number of anilines is 1. The molecule has 0 fully saturated rings. The summed E-state index contributed by atoms with van der Waals surface area (Å²) in [7, 11) is 3.33. The van der Waals surface area contributed by atoms with Gasteiger partial charge in [-0.2, -0.15) is 0 Å². The van der Waals surface area contributed by atoms with E-state index in [1.54, 1.807) is 26.0 Å². The van der Waals surface area contributed by atoms with E-state index in [0.717, 1.165) is 57.9 Å². The van der Waals surface area contributed by atoms with E-state index in [1.807, 2.05) is 67.6 Å². The number of thioether (sulfide) groups is 1. The normalized spacial score (nSPS) is 10.7. The highest BCUT2D eigenvalue weighted by molar-refractivity contribution is 7.99. The van der Waals surface area contributed by atoms with Crippen LogP contribution in [-0.2, 0) is 6.54 Å². The lowest BCUT2D eigenvalue weighted by molar-refractivity contribution is 0.252. The SMILES string of the molecule is CCCn1c(SCCNC(=O)Nc2ccc(OCC)cc2)nc(-c2ccc(OC)cc2)c1-c1ccc(OC)cc1. The number of rotatable bonds is 13. The second kappa shape index (κ2) is 14.3. The van der Waals surface area contributed by atoms with Gasteiger partial charge in [0.05, 0.1) is 32.2 Å². The summed E-state index contributed by atoms with van der Waals surface area (Å²) < 4.78 is 18.5. The molecule has 0 spiro atoms. The van der Waals surface area contributed by atoms with Crippen LogP contribution in [0, 0.1) is 0 Å². The highest BCUT2D eigenvalue weighted by Crippen LogP contribution is 2.37. The summed E-state index contributed by atoms with van der Waals surface area (Å²) in [6.07, 6.45) is 0.956. The minimum absolute atomic E-state index is 0.250. The maximum absolute atomic E-state index is 12.4. The van der Waals surface area contributed by atoms with Crippen LogP contribution in [0.5, 0.6) is 17.2 Å². The second-order valence-corrected chi connectivity index (χ2v) is 9.95. The number of urea groups is 1. The van der Waals surface area contributed by atoms with Crippen LogP contribution in [0.1, 0.15) is 20.3 Å². The van der Waals surface area contributed by atoms with Crippen molar-refractivity contribution in [3.8, 4) is 39.8 Å². The van der Waals surface area contributed by atoms with Gasteiger partial charge in [-0.3, -0.25) is 0 Å².